The summed E-state index contributed by atoms with van der Waals surface area (Å²) in [5.41, 5.74) is 23.6. The van der Waals surface area contributed by atoms with Gasteiger partial charge in [0.25, 0.3) is 5.69 Å². The number of guanidine groups is 1. The molecule has 8 atom stereocenters. The van der Waals surface area contributed by atoms with Crippen molar-refractivity contribution < 1.29 is 48.4 Å². The largest absolute Gasteiger partial charge is 0.480 e. The molecule has 1 aliphatic heterocycles. The van der Waals surface area contributed by atoms with Crippen molar-refractivity contribution in [3.05, 3.63) is 75.8 Å². The van der Waals surface area contributed by atoms with Crippen molar-refractivity contribution in [1.82, 2.24) is 36.8 Å². The number of non-ortho nitro benzene ring substituents is 1. The monoisotopic (exact) mass is 1040 g/mol. The van der Waals surface area contributed by atoms with E-state index in [9.17, 15) is 53.6 Å². The number of carboxylic acids is 1. The Labute approximate surface area is 431 Å². The Kier molecular flexibility index (Phi) is 25.4. The highest BCUT2D eigenvalue weighted by Crippen LogP contribution is 2.21. The average molecular weight is 1040 g/mol. The van der Waals surface area contributed by atoms with Gasteiger partial charge in [0.2, 0.25) is 41.4 Å². The molecule has 2 aromatic rings. The number of nitrogens with two attached hydrogens (primary N) is 4. The summed E-state index contributed by atoms with van der Waals surface area (Å²) < 4.78 is 0. The van der Waals surface area contributed by atoms with E-state index in [-0.39, 0.29) is 81.0 Å². The van der Waals surface area contributed by atoms with Gasteiger partial charge in [-0.2, -0.15) is 0 Å². The van der Waals surface area contributed by atoms with Crippen LogP contribution < -0.4 is 54.8 Å². The summed E-state index contributed by atoms with van der Waals surface area (Å²) in [6.45, 7) is 9.53. The van der Waals surface area contributed by atoms with Crippen LogP contribution in [0.5, 0.6) is 0 Å². The molecule has 24 heteroatoms. The van der Waals surface area contributed by atoms with Gasteiger partial charge in [-0.3, -0.25) is 48.7 Å². The van der Waals surface area contributed by atoms with E-state index < -0.39 is 94.7 Å². The quantitative estimate of drug-likeness (QED) is 0.0156. The number of carbonyl (C=O) groups is 8. The molecule has 1 fully saturated rings. The van der Waals surface area contributed by atoms with Gasteiger partial charge in [0, 0.05) is 38.1 Å². The number of rotatable bonds is 31. The Morgan fingerprint density at radius 3 is 1.70 bits per heavy atom. The van der Waals surface area contributed by atoms with Crippen molar-refractivity contribution in [2.45, 2.75) is 154 Å². The lowest BCUT2D eigenvalue weighted by Crippen LogP contribution is -2.60. The highest BCUT2D eigenvalue weighted by molar-refractivity contribution is 5.97. The van der Waals surface area contributed by atoms with Crippen LogP contribution in [0, 0.1) is 22.0 Å². The maximum atomic E-state index is 14.6. The molecule has 1 heterocycles. The number of unbranched alkanes of at least 4 members (excludes halogenated alkanes) is 1. The highest BCUT2D eigenvalue weighted by Gasteiger charge is 2.38. The van der Waals surface area contributed by atoms with E-state index in [1.807, 2.05) is 13.8 Å². The molecule has 2 aromatic carbocycles. The number of likely N-dealkylation sites (tertiary alicyclic amines) is 1. The van der Waals surface area contributed by atoms with Crippen molar-refractivity contribution in [1.29, 1.82) is 0 Å². The SMILES string of the molecule is CC(C)C[C@H](NC(=O)[C@H](CCCN=C(N)N)NC(=O)[C@H](Cc1ccc([N+](=O)[O-])cc1)NC(=O)[C@H](Cc1ccccc1)NC(=O)[C@H](CCCCN)NC(=O)[C@H](C)NC(=O)[C@@H]1CCCN1C(=O)[C@@H](N)CC(C)C)C(=O)O. The Bertz CT molecular complexity index is 2240. The summed E-state index contributed by atoms with van der Waals surface area (Å²) >= 11 is 0. The maximum Gasteiger partial charge on any atom is 0.326 e. The highest BCUT2D eigenvalue weighted by atomic mass is 16.6. The van der Waals surface area contributed by atoms with Gasteiger partial charge in [-0.25, -0.2) is 4.79 Å². The molecule has 15 N–H and O–H groups in total. The lowest BCUT2D eigenvalue weighted by molar-refractivity contribution is -0.384. The second-order valence-corrected chi connectivity index (χ2v) is 19.5. The van der Waals surface area contributed by atoms with Crippen molar-refractivity contribution >= 4 is 59.0 Å². The predicted octanol–water partition coefficient (Wildman–Crippen LogP) is -0.0136. The molecular weight excluding hydrogens is 959 g/mol. The zero-order valence-electron chi connectivity index (χ0n) is 43.0. The van der Waals surface area contributed by atoms with E-state index in [2.05, 4.69) is 36.9 Å². The molecule has 408 valence electrons. The number of nitro groups is 1. The van der Waals surface area contributed by atoms with Gasteiger partial charge in [-0.05, 0) is 94.2 Å². The van der Waals surface area contributed by atoms with Crippen LogP contribution in [0.15, 0.2) is 59.6 Å². The summed E-state index contributed by atoms with van der Waals surface area (Å²) in [5.74, 6) is -6.49. The molecule has 0 bridgehead atoms. The van der Waals surface area contributed by atoms with Gasteiger partial charge in [0.15, 0.2) is 5.96 Å². The van der Waals surface area contributed by atoms with Gasteiger partial charge >= 0.3 is 5.97 Å². The number of aliphatic imine (C=N–C) groups is 1. The van der Waals surface area contributed by atoms with E-state index in [1.165, 1.54) is 36.1 Å². The third-order valence-electron chi connectivity index (χ3n) is 12.2. The van der Waals surface area contributed by atoms with Crippen LogP contribution in [0.25, 0.3) is 0 Å². The molecule has 0 radical (unpaired) electrons. The van der Waals surface area contributed by atoms with E-state index in [1.54, 1.807) is 44.2 Å². The fourth-order valence-electron chi connectivity index (χ4n) is 8.37. The number of carbonyl (C=O) groups excluding carboxylic acids is 7. The molecule has 74 heavy (non-hydrogen) atoms. The first-order chi connectivity index (χ1) is 35.0. The molecule has 3 rings (SSSR count). The summed E-state index contributed by atoms with van der Waals surface area (Å²) in [5, 5.41) is 37.3. The minimum atomic E-state index is -1.50. The van der Waals surface area contributed by atoms with Gasteiger partial charge in [-0.1, -0.05) is 70.2 Å². The number of benzene rings is 2. The minimum absolute atomic E-state index is 0.0526. The van der Waals surface area contributed by atoms with Crippen LogP contribution in [0.4, 0.5) is 5.69 Å². The first kappa shape index (κ1) is 61.1. The lowest BCUT2D eigenvalue weighted by Gasteiger charge is -2.29. The van der Waals surface area contributed by atoms with Crippen LogP contribution in [-0.4, -0.2) is 136 Å². The van der Waals surface area contributed by atoms with Crippen LogP contribution in [-0.2, 0) is 51.2 Å². The number of amides is 7. The van der Waals surface area contributed by atoms with Crippen molar-refractivity contribution in [2.75, 3.05) is 19.6 Å². The van der Waals surface area contributed by atoms with Gasteiger partial charge < -0.3 is 64.8 Å². The lowest BCUT2D eigenvalue weighted by atomic mass is 10.0. The van der Waals surface area contributed by atoms with Crippen LogP contribution in [0.1, 0.15) is 104 Å². The zero-order valence-corrected chi connectivity index (χ0v) is 43.0. The number of carboxylic acid groups (broad SMARTS) is 1. The van der Waals surface area contributed by atoms with Crippen molar-refractivity contribution in [2.24, 2.45) is 39.8 Å². The molecule has 7 amide bonds. The summed E-state index contributed by atoms with van der Waals surface area (Å²) in [6.07, 6.45) is 2.08. The fourth-order valence-corrected chi connectivity index (χ4v) is 8.37. The third-order valence-corrected chi connectivity index (χ3v) is 12.2. The average Bonchev–Trinajstić information content (AvgIpc) is 3.84. The third kappa shape index (κ3) is 20.7. The number of nitro benzene ring substituents is 1. The molecule has 0 aliphatic carbocycles. The second-order valence-electron chi connectivity index (χ2n) is 19.5. The van der Waals surface area contributed by atoms with Crippen LogP contribution in [0.3, 0.4) is 0 Å². The molecule has 0 aromatic heterocycles. The normalized spacial score (nSPS) is 16.1. The Balaban J connectivity index is 1.95. The predicted molar refractivity (Wildman–Crippen MR) is 276 cm³/mol. The Hall–Kier alpha value is -7.21. The molecule has 24 nitrogen and oxygen atoms in total. The van der Waals surface area contributed by atoms with E-state index >= 15 is 0 Å². The Morgan fingerprint density at radius 2 is 1.19 bits per heavy atom. The summed E-state index contributed by atoms with van der Waals surface area (Å²) in [4.78, 5) is 126. The van der Waals surface area contributed by atoms with Crippen LogP contribution >= 0.6 is 0 Å². The van der Waals surface area contributed by atoms with Crippen molar-refractivity contribution in [3.63, 3.8) is 0 Å². The van der Waals surface area contributed by atoms with Crippen LogP contribution in [0.2, 0.25) is 0 Å². The molecule has 0 saturated carbocycles. The fraction of sp³-hybridized carbons (Fsp3) is 0.580. The van der Waals surface area contributed by atoms with E-state index in [0.717, 1.165) is 0 Å². The number of hydrogen-bond acceptors (Lipinski definition) is 13. The molecule has 1 saturated heterocycles. The minimum Gasteiger partial charge on any atom is -0.480 e. The topological polar surface area (TPSA) is 392 Å². The Morgan fingerprint density at radius 1 is 0.689 bits per heavy atom. The molecule has 1 aliphatic rings. The number of nitrogens with zero attached hydrogens (tertiary/aromatic N) is 3. The number of aliphatic carboxylic acids is 1. The summed E-state index contributed by atoms with van der Waals surface area (Å²) in [6, 6.07) is 4.20. The summed E-state index contributed by atoms with van der Waals surface area (Å²) in [7, 11) is 0. The second kappa shape index (κ2) is 30.7. The van der Waals surface area contributed by atoms with Crippen molar-refractivity contribution in [3.8, 4) is 0 Å². The zero-order chi connectivity index (χ0) is 55.1. The molecular formula is C50H77N13O11. The van der Waals surface area contributed by atoms with Gasteiger partial charge in [0.1, 0.15) is 42.3 Å². The van der Waals surface area contributed by atoms with E-state index in [0.29, 0.717) is 49.8 Å². The van der Waals surface area contributed by atoms with Gasteiger partial charge in [-0.15, -0.1) is 0 Å². The first-order valence-corrected chi connectivity index (χ1v) is 25.1. The first-order valence-electron chi connectivity index (χ1n) is 25.1. The molecule has 0 unspecified atom stereocenters. The van der Waals surface area contributed by atoms with Gasteiger partial charge in [0.05, 0.1) is 11.0 Å². The maximum absolute atomic E-state index is 14.6. The standard InChI is InChI=1S/C50H77N13O11/c1-29(2)25-35(52)48(70)62-24-12-17-41(62)47(69)56-31(5)42(64)57-36(15-9-10-22-51)43(65)59-38(27-32-13-7-6-8-14-32)46(68)60-39(28-33-18-20-34(21-19-33)63(73)74)45(67)58-37(16-11-23-55-50(53)54)44(66)61-40(49(71)72)26-30(3)4/h6-8,13-14,18-21,29-31,35-41H,9-12,15-17,22-28,51-52H2,1-5H3,(H,56,69)(H,57,64)(H,58,67)(H,59,65)(H,60,68)(H,61,66)(H,71,72)(H4,53,54,55)/t31-,35-,36-,37-,38-,39-,40-,41-/m0/s1. The molecule has 0 spiro atoms. The number of hydrogen-bond donors (Lipinski definition) is 11. The smallest absolute Gasteiger partial charge is 0.326 e. The van der Waals surface area contributed by atoms with E-state index in [4.69, 9.17) is 22.9 Å². The number of nitrogens with one attached hydrogen (secondary N) is 6.